The van der Waals surface area contributed by atoms with Crippen LogP contribution in [0.25, 0.3) is 11.3 Å². The van der Waals surface area contributed by atoms with Crippen LogP contribution >= 0.6 is 0 Å². The van der Waals surface area contributed by atoms with Gasteiger partial charge >= 0.3 is 0 Å². The van der Waals surface area contributed by atoms with Gasteiger partial charge in [-0.15, -0.1) is 10.2 Å². The molecule has 148 valence electrons. The van der Waals surface area contributed by atoms with Crippen LogP contribution in [0.1, 0.15) is 12.8 Å². The Kier molecular flexibility index (Phi) is 5.46. The highest BCUT2D eigenvalue weighted by molar-refractivity contribution is 5.92. The Morgan fingerprint density at radius 3 is 2.07 bits per heavy atom. The van der Waals surface area contributed by atoms with E-state index in [0.29, 0.717) is 37.3 Å². The summed E-state index contributed by atoms with van der Waals surface area (Å²) in [7, 11) is 0. The molecule has 5 nitrogen and oxygen atoms in total. The summed E-state index contributed by atoms with van der Waals surface area (Å²) < 4.78 is 26.0. The van der Waals surface area contributed by atoms with Crippen LogP contribution in [-0.4, -0.2) is 29.2 Å². The Labute approximate surface area is 167 Å². The second-order valence-corrected chi connectivity index (χ2v) is 7.04. The maximum atomic E-state index is 13.0. The Hall–Kier alpha value is -3.35. The molecule has 1 saturated heterocycles. The number of benzene rings is 2. The molecule has 2 aromatic carbocycles. The van der Waals surface area contributed by atoms with Gasteiger partial charge in [-0.2, -0.15) is 0 Å². The molecule has 0 unspecified atom stereocenters. The first-order chi connectivity index (χ1) is 14.1. The third kappa shape index (κ3) is 4.56. The number of carbonyl (C=O) groups excluding carboxylic acids is 1. The molecular formula is C22H20F2N4O. The summed E-state index contributed by atoms with van der Waals surface area (Å²) >= 11 is 0. The number of halogens is 2. The first kappa shape index (κ1) is 19.0. The van der Waals surface area contributed by atoms with E-state index in [1.807, 2.05) is 12.1 Å². The zero-order valence-electron chi connectivity index (χ0n) is 15.7. The number of anilines is 2. The predicted molar refractivity (Wildman–Crippen MR) is 107 cm³/mol. The molecule has 0 atom stereocenters. The van der Waals surface area contributed by atoms with E-state index in [9.17, 15) is 13.6 Å². The van der Waals surface area contributed by atoms with Crippen LogP contribution in [0.5, 0.6) is 0 Å². The van der Waals surface area contributed by atoms with Crippen molar-refractivity contribution in [1.82, 2.24) is 10.2 Å². The molecule has 0 radical (unpaired) electrons. The third-order valence-corrected chi connectivity index (χ3v) is 5.09. The number of hydrogen-bond donors (Lipinski definition) is 1. The Morgan fingerprint density at radius 1 is 0.862 bits per heavy atom. The summed E-state index contributed by atoms with van der Waals surface area (Å²) in [6.07, 6.45) is 1.41. The molecule has 1 N–H and O–H groups in total. The van der Waals surface area contributed by atoms with Crippen molar-refractivity contribution >= 4 is 17.4 Å². The van der Waals surface area contributed by atoms with Gasteiger partial charge in [0.1, 0.15) is 11.6 Å². The lowest BCUT2D eigenvalue weighted by Crippen LogP contribution is -2.38. The van der Waals surface area contributed by atoms with Gasteiger partial charge in [-0.1, -0.05) is 0 Å². The molecule has 0 saturated carbocycles. The highest BCUT2D eigenvalue weighted by Crippen LogP contribution is 2.24. The number of amides is 1. The van der Waals surface area contributed by atoms with E-state index < -0.39 is 0 Å². The largest absolute Gasteiger partial charge is 0.355 e. The summed E-state index contributed by atoms with van der Waals surface area (Å²) in [6, 6.07) is 15.7. The maximum absolute atomic E-state index is 13.0. The van der Waals surface area contributed by atoms with E-state index in [1.165, 1.54) is 24.3 Å². The molecule has 1 aliphatic heterocycles. The van der Waals surface area contributed by atoms with Crippen LogP contribution in [0.15, 0.2) is 60.7 Å². The first-order valence-electron chi connectivity index (χ1n) is 9.49. The molecule has 0 bridgehead atoms. The van der Waals surface area contributed by atoms with Gasteiger partial charge in [-0.25, -0.2) is 8.78 Å². The summed E-state index contributed by atoms with van der Waals surface area (Å²) in [5.74, 6) is -0.00228. The molecule has 1 aliphatic rings. The van der Waals surface area contributed by atoms with Crippen molar-refractivity contribution in [2.45, 2.75) is 12.8 Å². The molecule has 3 aromatic rings. The van der Waals surface area contributed by atoms with Gasteiger partial charge in [-0.3, -0.25) is 4.79 Å². The van der Waals surface area contributed by atoms with Crippen molar-refractivity contribution in [2.75, 3.05) is 23.3 Å². The van der Waals surface area contributed by atoms with Crippen molar-refractivity contribution in [3.63, 3.8) is 0 Å². The van der Waals surface area contributed by atoms with Crippen molar-refractivity contribution < 1.29 is 13.6 Å². The molecule has 0 aliphatic carbocycles. The monoisotopic (exact) mass is 394 g/mol. The van der Waals surface area contributed by atoms with E-state index in [1.54, 1.807) is 24.3 Å². The zero-order valence-corrected chi connectivity index (χ0v) is 15.7. The van der Waals surface area contributed by atoms with E-state index in [4.69, 9.17) is 0 Å². The van der Waals surface area contributed by atoms with Gasteiger partial charge in [0.2, 0.25) is 5.91 Å². The fraction of sp³-hybridized carbons (Fsp3) is 0.227. The van der Waals surface area contributed by atoms with Gasteiger partial charge < -0.3 is 10.2 Å². The summed E-state index contributed by atoms with van der Waals surface area (Å²) in [6.45, 7) is 1.40. The van der Waals surface area contributed by atoms with E-state index >= 15 is 0 Å². The van der Waals surface area contributed by atoms with Gasteiger partial charge in [0.25, 0.3) is 0 Å². The van der Waals surface area contributed by atoms with Crippen LogP contribution in [0, 0.1) is 17.6 Å². The number of nitrogens with one attached hydrogen (secondary N) is 1. The lowest BCUT2D eigenvalue weighted by Gasteiger charge is -2.31. The standard InChI is InChI=1S/C22H20F2N4O/c23-17-3-1-15(2-4-17)20-9-10-21(27-26-20)28-13-11-16(12-14-28)22(29)25-19-7-5-18(24)6-8-19/h1-10,16H,11-14H2,(H,25,29). The Balaban J connectivity index is 1.33. The van der Waals surface area contributed by atoms with E-state index in [-0.39, 0.29) is 23.5 Å². The lowest BCUT2D eigenvalue weighted by atomic mass is 9.96. The van der Waals surface area contributed by atoms with Crippen molar-refractivity contribution in [2.24, 2.45) is 5.92 Å². The molecule has 1 aromatic heterocycles. The number of rotatable bonds is 4. The van der Waals surface area contributed by atoms with Crippen molar-refractivity contribution in [1.29, 1.82) is 0 Å². The molecule has 29 heavy (non-hydrogen) atoms. The molecule has 2 heterocycles. The molecular weight excluding hydrogens is 374 g/mol. The summed E-state index contributed by atoms with van der Waals surface area (Å²) in [4.78, 5) is 14.5. The van der Waals surface area contributed by atoms with Crippen LogP contribution in [0.2, 0.25) is 0 Å². The third-order valence-electron chi connectivity index (χ3n) is 5.09. The minimum Gasteiger partial charge on any atom is -0.355 e. The van der Waals surface area contributed by atoms with Crippen LogP contribution in [-0.2, 0) is 4.79 Å². The SMILES string of the molecule is O=C(Nc1ccc(F)cc1)C1CCN(c2ccc(-c3ccc(F)cc3)nn2)CC1. The lowest BCUT2D eigenvalue weighted by molar-refractivity contribution is -0.120. The molecule has 4 rings (SSSR count). The van der Waals surface area contributed by atoms with Gasteiger partial charge in [0.05, 0.1) is 5.69 Å². The van der Waals surface area contributed by atoms with Gasteiger partial charge in [0, 0.05) is 30.3 Å². The highest BCUT2D eigenvalue weighted by atomic mass is 19.1. The molecule has 1 fully saturated rings. The minimum absolute atomic E-state index is 0.0472. The van der Waals surface area contributed by atoms with E-state index in [2.05, 4.69) is 20.4 Å². The fourth-order valence-electron chi connectivity index (χ4n) is 3.42. The zero-order chi connectivity index (χ0) is 20.2. The highest BCUT2D eigenvalue weighted by Gasteiger charge is 2.26. The van der Waals surface area contributed by atoms with Crippen LogP contribution in [0.4, 0.5) is 20.3 Å². The number of hydrogen-bond acceptors (Lipinski definition) is 4. The number of nitrogens with zero attached hydrogens (tertiary/aromatic N) is 3. The summed E-state index contributed by atoms with van der Waals surface area (Å²) in [5, 5.41) is 11.4. The second-order valence-electron chi connectivity index (χ2n) is 7.04. The van der Waals surface area contributed by atoms with Gasteiger partial charge in [0.15, 0.2) is 5.82 Å². The fourth-order valence-corrected chi connectivity index (χ4v) is 3.42. The van der Waals surface area contributed by atoms with E-state index in [0.717, 1.165) is 11.4 Å². The predicted octanol–water partition coefficient (Wildman–Crippen LogP) is 4.28. The molecule has 1 amide bonds. The normalized spacial score (nSPS) is 14.6. The quantitative estimate of drug-likeness (QED) is 0.718. The first-order valence-corrected chi connectivity index (χ1v) is 9.49. The number of piperidine rings is 1. The maximum Gasteiger partial charge on any atom is 0.227 e. The Morgan fingerprint density at radius 2 is 1.48 bits per heavy atom. The topological polar surface area (TPSA) is 58.1 Å². The average Bonchev–Trinajstić information content (AvgIpc) is 2.76. The van der Waals surface area contributed by atoms with Crippen molar-refractivity contribution in [3.05, 3.63) is 72.3 Å². The number of aromatic nitrogens is 2. The molecule has 0 spiro atoms. The van der Waals surface area contributed by atoms with Crippen LogP contribution in [0.3, 0.4) is 0 Å². The second kappa shape index (κ2) is 8.34. The molecule has 7 heteroatoms. The number of carbonyl (C=O) groups is 1. The smallest absolute Gasteiger partial charge is 0.227 e. The summed E-state index contributed by atoms with van der Waals surface area (Å²) in [5.41, 5.74) is 2.09. The van der Waals surface area contributed by atoms with Gasteiger partial charge in [-0.05, 0) is 73.5 Å². The average molecular weight is 394 g/mol. The van der Waals surface area contributed by atoms with Crippen LogP contribution < -0.4 is 10.2 Å². The van der Waals surface area contributed by atoms with Crippen molar-refractivity contribution in [3.8, 4) is 11.3 Å². The minimum atomic E-state index is -0.331. The Bertz CT molecular complexity index is 967.